The lowest BCUT2D eigenvalue weighted by atomic mass is 10.3. The van der Waals surface area contributed by atoms with Gasteiger partial charge in [0.2, 0.25) is 0 Å². The Labute approximate surface area is 116 Å². The predicted molar refractivity (Wildman–Crippen MR) is 75.2 cm³/mol. The maximum absolute atomic E-state index is 5.36. The Kier molecular flexibility index (Phi) is 4.46. The van der Waals surface area contributed by atoms with Gasteiger partial charge in [-0.1, -0.05) is 23.9 Å². The van der Waals surface area contributed by atoms with Gasteiger partial charge in [-0.3, -0.25) is 0 Å². The number of aromatic nitrogens is 2. The number of benzene rings is 1. The maximum atomic E-state index is 5.36. The topological polar surface area (TPSA) is 56.3 Å². The van der Waals surface area contributed by atoms with Crippen LogP contribution in [0.15, 0.2) is 40.5 Å². The molecule has 2 rings (SSSR count). The van der Waals surface area contributed by atoms with Gasteiger partial charge < -0.3 is 14.8 Å². The molecule has 0 atom stereocenters. The van der Waals surface area contributed by atoms with E-state index in [0.29, 0.717) is 11.6 Å². The van der Waals surface area contributed by atoms with Crippen LogP contribution in [0.4, 0.5) is 5.82 Å². The zero-order valence-corrected chi connectivity index (χ0v) is 11.8. The van der Waals surface area contributed by atoms with Crippen LogP contribution in [0.5, 0.6) is 11.5 Å². The van der Waals surface area contributed by atoms with E-state index in [1.54, 1.807) is 21.3 Å². The molecular weight excluding hydrogens is 262 g/mol. The molecule has 6 heteroatoms. The van der Waals surface area contributed by atoms with E-state index in [2.05, 4.69) is 15.3 Å². The molecule has 5 nitrogen and oxygen atoms in total. The van der Waals surface area contributed by atoms with Crippen molar-refractivity contribution in [3.8, 4) is 11.5 Å². The zero-order valence-electron chi connectivity index (χ0n) is 11.0. The van der Waals surface area contributed by atoms with Crippen molar-refractivity contribution in [1.82, 2.24) is 9.97 Å². The molecule has 0 saturated carbocycles. The Morgan fingerprint density at radius 1 is 1.11 bits per heavy atom. The summed E-state index contributed by atoms with van der Waals surface area (Å²) in [6.45, 7) is 0. The van der Waals surface area contributed by atoms with Crippen molar-refractivity contribution in [3.05, 3.63) is 30.6 Å². The van der Waals surface area contributed by atoms with Gasteiger partial charge in [0.15, 0.2) is 11.6 Å². The quantitative estimate of drug-likeness (QED) is 0.848. The number of nitrogens with zero attached hydrogens (tertiary/aromatic N) is 2. The fraction of sp³-hybridized carbons (Fsp3) is 0.231. The van der Waals surface area contributed by atoms with Gasteiger partial charge in [-0.25, -0.2) is 9.97 Å². The first-order valence-electron chi connectivity index (χ1n) is 5.67. The van der Waals surface area contributed by atoms with E-state index in [1.807, 2.05) is 24.3 Å². The van der Waals surface area contributed by atoms with E-state index in [9.17, 15) is 0 Å². The first-order chi connectivity index (χ1) is 9.30. The van der Waals surface area contributed by atoms with E-state index in [-0.39, 0.29) is 0 Å². The highest BCUT2D eigenvalue weighted by Gasteiger charge is 2.14. The molecule has 1 aromatic carbocycles. The Morgan fingerprint density at radius 2 is 1.89 bits per heavy atom. The lowest BCUT2D eigenvalue weighted by molar-refractivity contribution is 0.399. The second-order valence-corrected chi connectivity index (χ2v) is 4.59. The third kappa shape index (κ3) is 2.90. The molecule has 100 valence electrons. The number of hydrogen-bond acceptors (Lipinski definition) is 6. The van der Waals surface area contributed by atoms with Gasteiger partial charge in [0.1, 0.15) is 17.1 Å². The molecule has 2 aromatic rings. The van der Waals surface area contributed by atoms with Crippen LogP contribution in [0.2, 0.25) is 0 Å². The summed E-state index contributed by atoms with van der Waals surface area (Å²) >= 11 is 1.48. The molecule has 0 amide bonds. The molecule has 0 radical (unpaired) electrons. The van der Waals surface area contributed by atoms with Gasteiger partial charge >= 0.3 is 0 Å². The molecule has 0 aliphatic heterocycles. The standard InChI is InChI=1S/C13H15N3O2S/c1-14-12-11(18-3)13(16-8-15-12)19-10-7-5-4-6-9(10)17-2/h4-8H,1-3H3,(H,14,15,16). The number of nitrogens with one attached hydrogen (secondary N) is 1. The lowest BCUT2D eigenvalue weighted by Gasteiger charge is -2.12. The van der Waals surface area contributed by atoms with E-state index < -0.39 is 0 Å². The molecule has 0 aliphatic carbocycles. The average Bonchev–Trinajstić information content (AvgIpc) is 2.47. The molecule has 0 fully saturated rings. The smallest absolute Gasteiger partial charge is 0.194 e. The summed E-state index contributed by atoms with van der Waals surface area (Å²) in [5.74, 6) is 2.09. The van der Waals surface area contributed by atoms with E-state index in [0.717, 1.165) is 15.7 Å². The van der Waals surface area contributed by atoms with Crippen molar-refractivity contribution in [2.24, 2.45) is 0 Å². The summed E-state index contributed by atoms with van der Waals surface area (Å²) in [7, 11) is 5.05. The van der Waals surface area contributed by atoms with Crippen LogP contribution in [-0.4, -0.2) is 31.2 Å². The van der Waals surface area contributed by atoms with E-state index in [4.69, 9.17) is 9.47 Å². The SMILES string of the molecule is CNc1ncnc(Sc2ccccc2OC)c1OC. The monoisotopic (exact) mass is 277 g/mol. The molecule has 19 heavy (non-hydrogen) atoms. The number of rotatable bonds is 5. The molecule has 1 N–H and O–H groups in total. The van der Waals surface area contributed by atoms with E-state index in [1.165, 1.54) is 18.1 Å². The van der Waals surface area contributed by atoms with Crippen LogP contribution in [0.25, 0.3) is 0 Å². The Balaban J connectivity index is 2.38. The fourth-order valence-corrected chi connectivity index (χ4v) is 2.58. The van der Waals surface area contributed by atoms with Crippen LogP contribution in [0, 0.1) is 0 Å². The molecule has 0 aliphatic rings. The fourth-order valence-electron chi connectivity index (χ4n) is 1.60. The molecule has 0 saturated heterocycles. The predicted octanol–water partition coefficient (Wildman–Crippen LogP) is 2.69. The minimum absolute atomic E-state index is 0.626. The van der Waals surface area contributed by atoms with Crippen molar-refractivity contribution in [2.45, 2.75) is 9.92 Å². The van der Waals surface area contributed by atoms with Crippen LogP contribution >= 0.6 is 11.8 Å². The van der Waals surface area contributed by atoms with Crippen LogP contribution in [0.3, 0.4) is 0 Å². The van der Waals surface area contributed by atoms with Gasteiger partial charge in [-0.15, -0.1) is 0 Å². The first kappa shape index (κ1) is 13.5. The van der Waals surface area contributed by atoms with Crippen molar-refractivity contribution in [1.29, 1.82) is 0 Å². The minimum atomic E-state index is 0.626. The van der Waals surface area contributed by atoms with Crippen molar-refractivity contribution < 1.29 is 9.47 Å². The van der Waals surface area contributed by atoms with Crippen molar-refractivity contribution in [3.63, 3.8) is 0 Å². The van der Waals surface area contributed by atoms with Crippen LogP contribution in [-0.2, 0) is 0 Å². The number of methoxy groups -OCH3 is 2. The Hall–Kier alpha value is -1.95. The summed E-state index contributed by atoms with van der Waals surface area (Å²) in [6, 6.07) is 7.77. The zero-order chi connectivity index (χ0) is 13.7. The van der Waals surface area contributed by atoms with Gasteiger partial charge in [-0.05, 0) is 12.1 Å². The van der Waals surface area contributed by atoms with E-state index >= 15 is 0 Å². The van der Waals surface area contributed by atoms with Crippen LogP contribution < -0.4 is 14.8 Å². The molecular formula is C13H15N3O2S. The second kappa shape index (κ2) is 6.29. The first-order valence-corrected chi connectivity index (χ1v) is 6.49. The minimum Gasteiger partial charge on any atom is -0.496 e. The third-order valence-electron chi connectivity index (χ3n) is 2.49. The number of ether oxygens (including phenoxy) is 2. The van der Waals surface area contributed by atoms with Gasteiger partial charge in [-0.2, -0.15) is 0 Å². The summed E-state index contributed by atoms with van der Waals surface area (Å²) in [5.41, 5.74) is 0. The highest BCUT2D eigenvalue weighted by atomic mass is 32.2. The highest BCUT2D eigenvalue weighted by molar-refractivity contribution is 7.99. The normalized spacial score (nSPS) is 10.1. The summed E-state index contributed by atoms with van der Waals surface area (Å²) in [5, 5.41) is 3.72. The molecule has 0 unspecified atom stereocenters. The summed E-state index contributed by atoms with van der Waals surface area (Å²) < 4.78 is 10.7. The molecule has 0 bridgehead atoms. The second-order valence-electron chi connectivity index (χ2n) is 3.56. The molecule has 1 heterocycles. The van der Waals surface area contributed by atoms with Crippen LogP contribution in [0.1, 0.15) is 0 Å². The molecule has 1 aromatic heterocycles. The number of anilines is 1. The van der Waals surface area contributed by atoms with Gasteiger partial charge in [0, 0.05) is 7.05 Å². The Morgan fingerprint density at radius 3 is 2.58 bits per heavy atom. The number of hydrogen-bond donors (Lipinski definition) is 1. The summed E-state index contributed by atoms with van der Waals surface area (Å²) in [6.07, 6.45) is 1.51. The van der Waals surface area contributed by atoms with Crippen molar-refractivity contribution in [2.75, 3.05) is 26.6 Å². The maximum Gasteiger partial charge on any atom is 0.194 e. The van der Waals surface area contributed by atoms with Gasteiger partial charge in [0.05, 0.1) is 19.1 Å². The van der Waals surface area contributed by atoms with Crippen molar-refractivity contribution >= 4 is 17.6 Å². The average molecular weight is 277 g/mol. The Bertz CT molecular complexity index is 563. The van der Waals surface area contributed by atoms with Gasteiger partial charge in [0.25, 0.3) is 0 Å². The molecule has 0 spiro atoms. The lowest BCUT2D eigenvalue weighted by Crippen LogP contribution is -2.00. The summed E-state index contributed by atoms with van der Waals surface area (Å²) in [4.78, 5) is 9.36. The third-order valence-corrected chi connectivity index (χ3v) is 3.53. The highest BCUT2D eigenvalue weighted by Crippen LogP contribution is 2.39. The number of para-hydroxylation sites is 1. The largest absolute Gasteiger partial charge is 0.496 e.